The molecule has 1 aliphatic rings. The molecule has 0 aromatic carbocycles. The van der Waals surface area contributed by atoms with Gasteiger partial charge < -0.3 is 4.48 Å². The van der Waals surface area contributed by atoms with Crippen LogP contribution in [0.5, 0.6) is 0 Å². The predicted octanol–water partition coefficient (Wildman–Crippen LogP) is 3.58. The Kier molecular flexibility index (Phi) is 3.02. The lowest BCUT2D eigenvalue weighted by Gasteiger charge is -2.58. The van der Waals surface area contributed by atoms with Crippen LogP contribution in [0.25, 0.3) is 0 Å². The minimum absolute atomic E-state index is 0.388. The second-order valence-corrected chi connectivity index (χ2v) is 6.82. The van der Waals surface area contributed by atoms with E-state index in [0.29, 0.717) is 11.1 Å². The maximum Gasteiger partial charge on any atom is 0.0911 e. The third-order valence-electron chi connectivity index (χ3n) is 4.15. The first-order valence-electron chi connectivity index (χ1n) is 6.08. The number of likely N-dealkylation sites (tertiary alicyclic amines) is 1. The van der Waals surface area contributed by atoms with Gasteiger partial charge in [0.2, 0.25) is 0 Å². The van der Waals surface area contributed by atoms with Crippen molar-refractivity contribution in [2.75, 3.05) is 13.1 Å². The Morgan fingerprint density at radius 2 is 1.00 bits per heavy atom. The average Bonchev–Trinajstić information content (AvgIpc) is 2.02. The van der Waals surface area contributed by atoms with E-state index in [-0.39, 0.29) is 0 Å². The van der Waals surface area contributed by atoms with Crippen molar-refractivity contribution in [3.05, 3.63) is 0 Å². The predicted molar refractivity (Wildman–Crippen MR) is 63.4 cm³/mol. The quantitative estimate of drug-likeness (QED) is 0.522. The van der Waals surface area contributed by atoms with Gasteiger partial charge in [-0.25, -0.2) is 0 Å². The molecule has 14 heavy (non-hydrogen) atoms. The lowest BCUT2D eigenvalue weighted by molar-refractivity contribution is -1.01. The molecule has 1 saturated heterocycles. The van der Waals surface area contributed by atoms with Crippen LogP contribution in [-0.4, -0.2) is 28.7 Å². The molecule has 84 valence electrons. The van der Waals surface area contributed by atoms with E-state index < -0.39 is 0 Å². The lowest BCUT2D eigenvalue weighted by Crippen LogP contribution is -2.70. The van der Waals surface area contributed by atoms with Gasteiger partial charge in [0.1, 0.15) is 0 Å². The molecule has 0 aliphatic carbocycles. The van der Waals surface area contributed by atoms with Crippen LogP contribution in [0.1, 0.15) is 60.8 Å². The smallest absolute Gasteiger partial charge is 0.0911 e. The fourth-order valence-electron chi connectivity index (χ4n) is 3.40. The first-order valence-corrected chi connectivity index (χ1v) is 6.08. The van der Waals surface area contributed by atoms with Crippen LogP contribution in [0, 0.1) is 0 Å². The van der Waals surface area contributed by atoms with Gasteiger partial charge in [-0.05, 0) is 60.8 Å². The van der Waals surface area contributed by atoms with Crippen molar-refractivity contribution >= 4 is 0 Å². The Hall–Kier alpha value is -0.0400. The van der Waals surface area contributed by atoms with Crippen molar-refractivity contribution in [2.24, 2.45) is 0 Å². The fraction of sp³-hybridized carbons (Fsp3) is 1.00. The minimum Gasteiger partial charge on any atom is -0.315 e. The third kappa shape index (κ3) is 1.84. The summed E-state index contributed by atoms with van der Waals surface area (Å²) < 4.78 is 1.29. The van der Waals surface area contributed by atoms with Gasteiger partial charge in [-0.2, -0.15) is 0 Å². The fourth-order valence-corrected chi connectivity index (χ4v) is 3.40. The maximum absolute atomic E-state index is 2.41. The zero-order valence-electron chi connectivity index (χ0n) is 11.0. The Labute approximate surface area is 90.1 Å². The molecule has 0 aromatic rings. The molecular formula is C13H28N+. The van der Waals surface area contributed by atoms with Crippen LogP contribution in [0.15, 0.2) is 0 Å². The Morgan fingerprint density at radius 3 is 1.21 bits per heavy atom. The van der Waals surface area contributed by atoms with Gasteiger partial charge >= 0.3 is 0 Å². The van der Waals surface area contributed by atoms with E-state index in [2.05, 4.69) is 41.5 Å². The van der Waals surface area contributed by atoms with Crippen LogP contribution in [0.4, 0.5) is 0 Å². The third-order valence-corrected chi connectivity index (χ3v) is 4.15. The molecule has 1 heteroatoms. The molecule has 0 saturated carbocycles. The van der Waals surface area contributed by atoms with E-state index in [4.69, 9.17) is 0 Å². The largest absolute Gasteiger partial charge is 0.315 e. The average molecular weight is 198 g/mol. The van der Waals surface area contributed by atoms with Crippen LogP contribution in [0.3, 0.4) is 0 Å². The van der Waals surface area contributed by atoms with E-state index >= 15 is 0 Å². The van der Waals surface area contributed by atoms with Gasteiger partial charge in [-0.3, -0.25) is 0 Å². The summed E-state index contributed by atoms with van der Waals surface area (Å²) >= 11 is 0. The molecule has 0 N–H and O–H groups in total. The van der Waals surface area contributed by atoms with E-state index in [1.807, 2.05) is 0 Å². The summed E-state index contributed by atoms with van der Waals surface area (Å²) in [4.78, 5) is 0. The second kappa shape index (κ2) is 3.52. The number of hydrogen-bond acceptors (Lipinski definition) is 0. The second-order valence-electron chi connectivity index (χ2n) is 6.82. The molecule has 0 aromatic heterocycles. The van der Waals surface area contributed by atoms with Crippen LogP contribution in [-0.2, 0) is 0 Å². The summed E-state index contributed by atoms with van der Waals surface area (Å²) in [5.41, 5.74) is 0.775. The number of nitrogens with zero attached hydrogens (tertiary/aromatic N) is 1. The molecule has 0 radical (unpaired) electrons. The highest BCUT2D eigenvalue weighted by Gasteiger charge is 2.49. The summed E-state index contributed by atoms with van der Waals surface area (Å²) in [6.45, 7) is 17.2. The van der Waals surface area contributed by atoms with Gasteiger partial charge in [0.05, 0.1) is 24.2 Å². The first kappa shape index (κ1) is 12.0. The van der Waals surface area contributed by atoms with E-state index in [9.17, 15) is 0 Å². The monoisotopic (exact) mass is 198 g/mol. The Balaban J connectivity index is 3.01. The summed E-state index contributed by atoms with van der Waals surface area (Å²) in [6.07, 6.45) is 4.26. The van der Waals surface area contributed by atoms with Gasteiger partial charge in [-0.1, -0.05) is 0 Å². The van der Waals surface area contributed by atoms with E-state index in [1.54, 1.807) is 0 Å². The highest BCUT2D eigenvalue weighted by Crippen LogP contribution is 2.38. The number of hydrogen-bond donors (Lipinski definition) is 0. The normalized spacial score (nSPS) is 23.6. The molecule has 0 bridgehead atoms. The molecule has 0 atom stereocenters. The van der Waals surface area contributed by atoms with Crippen LogP contribution < -0.4 is 0 Å². The van der Waals surface area contributed by atoms with Crippen LogP contribution >= 0.6 is 0 Å². The molecular weight excluding hydrogens is 170 g/mol. The zero-order valence-corrected chi connectivity index (χ0v) is 11.0. The van der Waals surface area contributed by atoms with Crippen molar-refractivity contribution in [1.82, 2.24) is 0 Å². The summed E-state index contributed by atoms with van der Waals surface area (Å²) in [5, 5.41) is 0. The van der Waals surface area contributed by atoms with Crippen molar-refractivity contribution in [3.8, 4) is 0 Å². The molecule has 0 amide bonds. The van der Waals surface area contributed by atoms with Crippen molar-refractivity contribution in [2.45, 2.75) is 71.9 Å². The van der Waals surface area contributed by atoms with Gasteiger partial charge in [0.25, 0.3) is 0 Å². The summed E-state index contributed by atoms with van der Waals surface area (Å²) in [6, 6.07) is 0. The number of rotatable bonds is 0. The number of piperidine rings is 1. The molecule has 0 unspecified atom stereocenters. The van der Waals surface area contributed by atoms with Gasteiger partial charge in [0.15, 0.2) is 0 Å². The van der Waals surface area contributed by atoms with Gasteiger partial charge in [0, 0.05) is 0 Å². The van der Waals surface area contributed by atoms with Gasteiger partial charge in [-0.15, -0.1) is 0 Å². The van der Waals surface area contributed by atoms with E-state index in [0.717, 1.165) is 0 Å². The van der Waals surface area contributed by atoms with Crippen molar-refractivity contribution in [3.63, 3.8) is 0 Å². The lowest BCUT2D eigenvalue weighted by atomic mass is 9.86. The molecule has 0 spiro atoms. The standard InChI is InChI=1S/C13H28N/c1-12(2,3)14(13(4,5)6)10-8-7-9-11-14/h7-11H2,1-6H3/q+1. The summed E-state index contributed by atoms with van der Waals surface area (Å²) in [5.74, 6) is 0. The SMILES string of the molecule is CC(C)(C)[N+]1(C(C)(C)C)CCCCC1. The minimum atomic E-state index is 0.388. The van der Waals surface area contributed by atoms with Crippen molar-refractivity contribution < 1.29 is 4.48 Å². The topological polar surface area (TPSA) is 0 Å². The highest BCUT2D eigenvalue weighted by atomic mass is 15.4. The highest BCUT2D eigenvalue weighted by molar-refractivity contribution is 4.76. The summed E-state index contributed by atoms with van der Waals surface area (Å²) in [7, 11) is 0. The maximum atomic E-state index is 2.41. The number of quaternary nitrogens is 1. The molecule has 1 nitrogen and oxygen atoms in total. The molecule has 1 rings (SSSR count). The van der Waals surface area contributed by atoms with Crippen molar-refractivity contribution in [1.29, 1.82) is 0 Å². The Morgan fingerprint density at radius 1 is 0.643 bits per heavy atom. The molecule has 1 fully saturated rings. The zero-order chi connectivity index (χ0) is 11.0. The molecule has 1 heterocycles. The Bertz CT molecular complexity index is 170. The van der Waals surface area contributed by atoms with Crippen LogP contribution in [0.2, 0.25) is 0 Å². The first-order chi connectivity index (χ1) is 6.21. The van der Waals surface area contributed by atoms with E-state index in [1.165, 1.54) is 36.8 Å². The molecule has 1 aliphatic heterocycles.